The summed E-state index contributed by atoms with van der Waals surface area (Å²) in [6.07, 6.45) is 0.699. The summed E-state index contributed by atoms with van der Waals surface area (Å²) in [5.41, 5.74) is 0. The highest BCUT2D eigenvalue weighted by Crippen LogP contribution is 2.13. The van der Waals surface area contributed by atoms with Crippen LogP contribution in [-0.2, 0) is 9.59 Å². The summed E-state index contributed by atoms with van der Waals surface area (Å²) < 4.78 is 0. The van der Waals surface area contributed by atoms with E-state index in [0.717, 1.165) is 0 Å². The van der Waals surface area contributed by atoms with Crippen molar-refractivity contribution in [3.05, 3.63) is 0 Å². The zero-order valence-corrected chi connectivity index (χ0v) is 12.2. The Kier molecular flexibility index (Phi) is 6.91. The molecule has 2 atom stereocenters. The topological polar surface area (TPSA) is 69.6 Å². The number of amides is 1. The Labute approximate surface area is 110 Å². The fourth-order valence-corrected chi connectivity index (χ4v) is 2.09. The number of rotatable bonds is 7. The molecule has 5 heteroatoms. The summed E-state index contributed by atoms with van der Waals surface area (Å²) in [4.78, 5) is 24.8. The number of carbonyl (C=O) groups excluding carboxylic acids is 1. The maximum absolute atomic E-state index is 12.3. The number of hydrogen-bond acceptors (Lipinski definition) is 3. The molecule has 0 rings (SSSR count). The predicted octanol–water partition coefficient (Wildman–Crippen LogP) is 1.19. The van der Waals surface area contributed by atoms with Gasteiger partial charge in [-0.2, -0.15) is 0 Å². The Morgan fingerprint density at radius 3 is 2.00 bits per heavy atom. The second-order valence-corrected chi connectivity index (χ2v) is 5.45. The monoisotopic (exact) mass is 258 g/mol. The maximum atomic E-state index is 12.3. The Bertz CT molecular complexity index is 290. The number of hydrogen-bond donors (Lipinski definition) is 2. The number of carbonyl (C=O) groups is 2. The molecule has 0 saturated carbocycles. The molecule has 1 amide bonds. The van der Waals surface area contributed by atoms with Crippen LogP contribution in [0, 0.1) is 11.8 Å². The van der Waals surface area contributed by atoms with Crippen LogP contribution >= 0.6 is 0 Å². The summed E-state index contributed by atoms with van der Waals surface area (Å²) in [5.74, 6) is -0.859. The van der Waals surface area contributed by atoms with Crippen LogP contribution in [0.1, 0.15) is 34.1 Å². The van der Waals surface area contributed by atoms with Crippen LogP contribution in [0.5, 0.6) is 0 Å². The minimum Gasteiger partial charge on any atom is -0.480 e. The van der Waals surface area contributed by atoms with E-state index in [1.807, 2.05) is 13.8 Å². The second-order valence-electron chi connectivity index (χ2n) is 5.45. The molecule has 0 saturated heterocycles. The van der Waals surface area contributed by atoms with Crippen molar-refractivity contribution < 1.29 is 14.7 Å². The first kappa shape index (κ1) is 16.9. The van der Waals surface area contributed by atoms with Crippen molar-refractivity contribution in [1.82, 2.24) is 10.2 Å². The van der Waals surface area contributed by atoms with Crippen LogP contribution in [0.4, 0.5) is 0 Å². The van der Waals surface area contributed by atoms with Gasteiger partial charge in [0.15, 0.2) is 0 Å². The first-order chi connectivity index (χ1) is 8.22. The lowest BCUT2D eigenvalue weighted by molar-refractivity contribution is -0.151. The lowest BCUT2D eigenvalue weighted by atomic mass is 9.99. The van der Waals surface area contributed by atoms with Gasteiger partial charge < -0.3 is 15.3 Å². The van der Waals surface area contributed by atoms with Crippen LogP contribution in [0.2, 0.25) is 0 Å². The van der Waals surface area contributed by atoms with Crippen molar-refractivity contribution in [3.63, 3.8) is 0 Å². The maximum Gasteiger partial charge on any atom is 0.326 e. The quantitative estimate of drug-likeness (QED) is 0.719. The minimum atomic E-state index is -0.958. The van der Waals surface area contributed by atoms with Crippen molar-refractivity contribution >= 4 is 11.9 Å². The summed E-state index contributed by atoms with van der Waals surface area (Å²) in [6, 6.07) is -1.10. The van der Waals surface area contributed by atoms with Crippen molar-refractivity contribution in [2.24, 2.45) is 11.8 Å². The largest absolute Gasteiger partial charge is 0.480 e. The van der Waals surface area contributed by atoms with Gasteiger partial charge in [0.2, 0.25) is 5.91 Å². The number of carboxylic acid groups (broad SMARTS) is 1. The molecule has 18 heavy (non-hydrogen) atoms. The number of nitrogens with zero attached hydrogens (tertiary/aromatic N) is 1. The third-order valence-corrected chi connectivity index (χ3v) is 3.00. The molecular weight excluding hydrogens is 232 g/mol. The van der Waals surface area contributed by atoms with E-state index in [-0.39, 0.29) is 17.9 Å². The summed E-state index contributed by atoms with van der Waals surface area (Å²) >= 11 is 0. The molecule has 0 aromatic carbocycles. The highest BCUT2D eigenvalue weighted by molar-refractivity contribution is 5.87. The van der Waals surface area contributed by atoms with Crippen LogP contribution in [0.15, 0.2) is 0 Å². The summed E-state index contributed by atoms with van der Waals surface area (Å²) in [7, 11) is 3.29. The molecule has 0 radical (unpaired) electrons. The molecule has 0 aromatic rings. The fourth-order valence-electron chi connectivity index (χ4n) is 2.09. The van der Waals surface area contributed by atoms with Crippen molar-refractivity contribution in [2.45, 2.75) is 46.2 Å². The zero-order valence-electron chi connectivity index (χ0n) is 12.2. The van der Waals surface area contributed by atoms with Gasteiger partial charge in [-0.15, -0.1) is 0 Å². The van der Waals surface area contributed by atoms with E-state index in [1.165, 1.54) is 4.90 Å². The Morgan fingerprint density at radius 2 is 1.72 bits per heavy atom. The minimum absolute atomic E-state index is 0.118. The van der Waals surface area contributed by atoms with Gasteiger partial charge in [0.05, 0.1) is 6.04 Å². The normalized spacial score (nSPS) is 14.7. The highest BCUT2D eigenvalue weighted by atomic mass is 16.4. The number of aliphatic carboxylic acids is 1. The molecule has 0 aliphatic heterocycles. The van der Waals surface area contributed by atoms with E-state index in [1.54, 1.807) is 27.9 Å². The number of nitrogens with one attached hydrogen (secondary N) is 1. The Balaban J connectivity index is 4.87. The molecule has 5 nitrogen and oxygen atoms in total. The van der Waals surface area contributed by atoms with E-state index >= 15 is 0 Å². The first-order valence-electron chi connectivity index (χ1n) is 6.39. The van der Waals surface area contributed by atoms with E-state index in [0.29, 0.717) is 12.3 Å². The summed E-state index contributed by atoms with van der Waals surface area (Å²) in [6.45, 7) is 7.68. The van der Waals surface area contributed by atoms with Crippen molar-refractivity contribution in [2.75, 3.05) is 14.1 Å². The van der Waals surface area contributed by atoms with E-state index < -0.39 is 12.0 Å². The van der Waals surface area contributed by atoms with Gasteiger partial charge in [0.25, 0.3) is 0 Å². The zero-order chi connectivity index (χ0) is 14.5. The molecule has 0 spiro atoms. The standard InChI is InChI=1S/C13H26N2O3/c1-8(2)7-10(14-5)12(16)15(6)11(9(3)4)13(17)18/h8-11,14H,7H2,1-6H3,(H,17,18)/t10-,11-/m0/s1. The molecule has 0 heterocycles. The van der Waals surface area contributed by atoms with E-state index in [2.05, 4.69) is 5.32 Å². The first-order valence-corrected chi connectivity index (χ1v) is 6.39. The smallest absolute Gasteiger partial charge is 0.326 e. The van der Waals surface area contributed by atoms with Crippen molar-refractivity contribution in [1.29, 1.82) is 0 Å². The second kappa shape index (κ2) is 7.36. The highest BCUT2D eigenvalue weighted by Gasteiger charge is 2.32. The average Bonchev–Trinajstić information content (AvgIpc) is 2.23. The molecule has 0 bridgehead atoms. The molecule has 106 valence electrons. The predicted molar refractivity (Wildman–Crippen MR) is 71.3 cm³/mol. The SMILES string of the molecule is CN[C@@H](CC(C)C)C(=O)N(C)[C@H](C(=O)O)C(C)C. The van der Waals surface area contributed by atoms with Gasteiger partial charge in [-0.1, -0.05) is 27.7 Å². The lowest BCUT2D eigenvalue weighted by Gasteiger charge is -2.31. The van der Waals surface area contributed by atoms with Crippen LogP contribution in [0.25, 0.3) is 0 Å². The molecule has 0 unspecified atom stereocenters. The Hall–Kier alpha value is -1.10. The lowest BCUT2D eigenvalue weighted by Crippen LogP contribution is -2.52. The molecule has 0 aliphatic rings. The van der Waals surface area contributed by atoms with Gasteiger partial charge in [0.1, 0.15) is 6.04 Å². The van der Waals surface area contributed by atoms with Gasteiger partial charge in [-0.25, -0.2) is 4.79 Å². The fraction of sp³-hybridized carbons (Fsp3) is 0.846. The molecule has 0 fully saturated rings. The third-order valence-electron chi connectivity index (χ3n) is 3.00. The van der Waals surface area contributed by atoms with E-state index in [9.17, 15) is 14.7 Å². The molecular formula is C13H26N2O3. The van der Waals surface area contributed by atoms with Crippen molar-refractivity contribution in [3.8, 4) is 0 Å². The molecule has 0 aliphatic carbocycles. The van der Waals surface area contributed by atoms with Crippen LogP contribution in [0.3, 0.4) is 0 Å². The third kappa shape index (κ3) is 4.64. The van der Waals surface area contributed by atoms with Gasteiger partial charge >= 0.3 is 5.97 Å². The van der Waals surface area contributed by atoms with E-state index in [4.69, 9.17) is 0 Å². The van der Waals surface area contributed by atoms with Gasteiger partial charge in [-0.05, 0) is 25.3 Å². The Morgan fingerprint density at radius 1 is 1.22 bits per heavy atom. The summed E-state index contributed by atoms with van der Waals surface area (Å²) in [5, 5.41) is 12.1. The average molecular weight is 258 g/mol. The van der Waals surface area contributed by atoms with Gasteiger partial charge in [0, 0.05) is 7.05 Å². The number of carboxylic acids is 1. The van der Waals surface area contributed by atoms with Gasteiger partial charge in [-0.3, -0.25) is 4.79 Å². The van der Waals surface area contributed by atoms with Crippen LogP contribution < -0.4 is 5.32 Å². The van der Waals surface area contributed by atoms with Crippen LogP contribution in [-0.4, -0.2) is 48.1 Å². The molecule has 0 aromatic heterocycles. The molecule has 2 N–H and O–H groups in total. The number of likely N-dealkylation sites (N-methyl/N-ethyl adjacent to an activating group) is 2.